The summed E-state index contributed by atoms with van der Waals surface area (Å²) >= 11 is 0. The average Bonchev–Trinajstić information content (AvgIpc) is 3.15. The molecule has 0 saturated carbocycles. The van der Waals surface area contributed by atoms with E-state index in [0.717, 1.165) is 21.2 Å². The lowest BCUT2D eigenvalue weighted by molar-refractivity contribution is -0.151. The van der Waals surface area contributed by atoms with Crippen molar-refractivity contribution in [3.05, 3.63) is 121 Å². The van der Waals surface area contributed by atoms with Gasteiger partial charge in [-0.15, -0.1) is 0 Å². The molecule has 1 saturated heterocycles. The lowest BCUT2D eigenvalue weighted by Gasteiger charge is -2.31. The van der Waals surface area contributed by atoms with Crippen molar-refractivity contribution in [1.29, 1.82) is 0 Å². The maximum absolute atomic E-state index is 13.3. The van der Waals surface area contributed by atoms with Crippen LogP contribution < -0.4 is 21.2 Å². The first-order chi connectivity index (χ1) is 16.2. The largest absolute Gasteiger partial charge is 0.392 e. The monoisotopic (exact) mass is 468 g/mol. The van der Waals surface area contributed by atoms with Crippen LogP contribution in [0.15, 0.2) is 121 Å². The lowest BCUT2D eigenvalue weighted by atomic mass is 10.3. The summed E-state index contributed by atoms with van der Waals surface area (Å²) < 4.78 is 5.39. The molecule has 2 atom stereocenters. The Morgan fingerprint density at radius 1 is 0.424 bits per heavy atom. The number of esters is 2. The Bertz CT molecular complexity index is 1050. The van der Waals surface area contributed by atoms with Crippen molar-refractivity contribution in [1.82, 2.24) is 0 Å². The van der Waals surface area contributed by atoms with Crippen LogP contribution in [0.1, 0.15) is 0 Å². The minimum Gasteiger partial charge on any atom is -0.392 e. The molecule has 0 spiro atoms. The first-order valence-electron chi connectivity index (χ1n) is 10.8. The van der Waals surface area contributed by atoms with Gasteiger partial charge >= 0.3 is 11.9 Å². The fourth-order valence-electron chi connectivity index (χ4n) is 4.27. The quantitative estimate of drug-likeness (QED) is 0.244. The summed E-state index contributed by atoms with van der Waals surface area (Å²) in [6.07, 6.45) is 0. The minimum atomic E-state index is -1.15. The molecule has 0 aliphatic carbocycles. The smallest absolute Gasteiger partial charge is 0.322 e. The summed E-state index contributed by atoms with van der Waals surface area (Å²) in [5, 5.41) is 4.26. The second-order valence-corrected chi connectivity index (χ2v) is 12.4. The van der Waals surface area contributed by atoms with E-state index in [4.69, 9.17) is 4.74 Å². The van der Waals surface area contributed by atoms with E-state index in [-0.39, 0.29) is 0 Å². The first kappa shape index (κ1) is 21.7. The van der Waals surface area contributed by atoms with E-state index < -0.39 is 39.1 Å². The first-order valence-corrected chi connectivity index (χ1v) is 13.6. The maximum atomic E-state index is 13.3. The Hall–Kier alpha value is -3.12. The van der Waals surface area contributed by atoms with Gasteiger partial charge < -0.3 is 4.74 Å². The average molecular weight is 468 g/mol. The van der Waals surface area contributed by atoms with E-state index >= 15 is 0 Å². The predicted molar refractivity (Wildman–Crippen MR) is 137 cm³/mol. The molecule has 1 aliphatic heterocycles. The zero-order valence-electron chi connectivity index (χ0n) is 17.8. The molecular weight excluding hydrogens is 446 g/mol. The van der Waals surface area contributed by atoms with E-state index in [1.54, 1.807) is 0 Å². The van der Waals surface area contributed by atoms with Crippen LogP contribution >= 0.6 is 15.8 Å². The van der Waals surface area contributed by atoms with E-state index in [1.165, 1.54) is 0 Å². The molecule has 1 aliphatic rings. The highest BCUT2D eigenvalue weighted by Crippen LogP contribution is 2.54. The molecule has 33 heavy (non-hydrogen) atoms. The highest BCUT2D eigenvalue weighted by molar-refractivity contribution is 7.78. The van der Waals surface area contributed by atoms with Gasteiger partial charge in [-0.3, -0.25) is 9.59 Å². The van der Waals surface area contributed by atoms with Crippen LogP contribution in [0, 0.1) is 0 Å². The number of carbonyl (C=O) groups is 2. The number of rotatable bonds is 6. The molecular formula is C28H22O3P2. The standard InChI is InChI=1S/C28H22O3P2/c29-27-25(32(21-13-5-1-6-14-21)22-15-7-2-8-16-22)26(28(30)31-27)33(23-17-9-3-10-18-23)24-19-11-4-12-20-24/h1-20,25-26H/t25-,26+. The third-order valence-corrected chi connectivity index (χ3v) is 11.5. The van der Waals surface area contributed by atoms with Crippen molar-refractivity contribution in [3.63, 3.8) is 0 Å². The van der Waals surface area contributed by atoms with Crippen molar-refractivity contribution in [2.45, 2.75) is 11.3 Å². The number of ether oxygens (including phenoxy) is 1. The van der Waals surface area contributed by atoms with Crippen LogP contribution in [0.3, 0.4) is 0 Å². The van der Waals surface area contributed by atoms with Gasteiger partial charge in [0.25, 0.3) is 0 Å². The van der Waals surface area contributed by atoms with Crippen molar-refractivity contribution in [2.75, 3.05) is 0 Å². The van der Waals surface area contributed by atoms with Crippen molar-refractivity contribution in [3.8, 4) is 0 Å². The van der Waals surface area contributed by atoms with Crippen LogP contribution in [0.25, 0.3) is 0 Å². The summed E-state index contributed by atoms with van der Waals surface area (Å²) in [5.74, 6) is -0.827. The molecule has 5 rings (SSSR count). The van der Waals surface area contributed by atoms with Gasteiger partial charge in [0, 0.05) is 0 Å². The molecule has 0 bridgehead atoms. The predicted octanol–water partition coefficient (Wildman–Crippen LogP) is 4.07. The molecule has 162 valence electrons. The Balaban J connectivity index is 1.69. The maximum Gasteiger partial charge on any atom is 0.322 e. The summed E-state index contributed by atoms with van der Waals surface area (Å²) in [7, 11) is -2.30. The number of hydrogen-bond acceptors (Lipinski definition) is 3. The third-order valence-electron chi connectivity index (χ3n) is 5.68. The van der Waals surface area contributed by atoms with Gasteiger partial charge in [0.05, 0.1) is 0 Å². The molecule has 5 heteroatoms. The van der Waals surface area contributed by atoms with Gasteiger partial charge in [-0.25, -0.2) is 0 Å². The molecule has 0 N–H and O–H groups in total. The van der Waals surface area contributed by atoms with Gasteiger partial charge in [0.1, 0.15) is 11.3 Å². The molecule has 0 unspecified atom stereocenters. The van der Waals surface area contributed by atoms with E-state index in [9.17, 15) is 9.59 Å². The normalized spacial score (nSPS) is 18.0. The third kappa shape index (κ3) is 4.40. The van der Waals surface area contributed by atoms with Crippen molar-refractivity contribution < 1.29 is 14.3 Å². The minimum absolute atomic E-state index is 0.414. The molecule has 1 fully saturated rings. The Morgan fingerprint density at radius 3 is 0.909 bits per heavy atom. The molecule has 4 aromatic carbocycles. The number of cyclic esters (lactones) is 2. The lowest BCUT2D eigenvalue weighted by Crippen LogP contribution is -2.37. The van der Waals surface area contributed by atoms with Crippen LogP contribution in [-0.2, 0) is 14.3 Å². The van der Waals surface area contributed by atoms with Gasteiger partial charge in [-0.1, -0.05) is 121 Å². The van der Waals surface area contributed by atoms with Crippen molar-refractivity contribution in [2.24, 2.45) is 0 Å². The highest BCUT2D eigenvalue weighted by Gasteiger charge is 2.53. The topological polar surface area (TPSA) is 43.4 Å². The second kappa shape index (κ2) is 9.79. The summed E-state index contributed by atoms with van der Waals surface area (Å²) in [6, 6.07) is 40.2. The fraction of sp³-hybridized carbons (Fsp3) is 0.0714. The number of benzene rings is 4. The van der Waals surface area contributed by atoms with Gasteiger partial charge in [-0.2, -0.15) is 0 Å². The summed E-state index contributed by atoms with van der Waals surface area (Å²) in [4.78, 5) is 26.7. The van der Waals surface area contributed by atoms with Crippen molar-refractivity contribution >= 4 is 49.0 Å². The van der Waals surface area contributed by atoms with Gasteiger partial charge in [-0.05, 0) is 37.1 Å². The fourth-order valence-corrected chi connectivity index (χ4v) is 10.3. The molecule has 1 heterocycles. The Labute approximate surface area is 195 Å². The van der Waals surface area contributed by atoms with E-state index in [1.807, 2.05) is 72.8 Å². The molecule has 4 aromatic rings. The van der Waals surface area contributed by atoms with E-state index in [2.05, 4.69) is 48.5 Å². The number of hydrogen-bond donors (Lipinski definition) is 0. The molecule has 3 nitrogen and oxygen atoms in total. The molecule has 0 aromatic heterocycles. The zero-order valence-corrected chi connectivity index (χ0v) is 19.6. The summed E-state index contributed by atoms with van der Waals surface area (Å²) in [6.45, 7) is 0. The second-order valence-electron chi connectivity index (χ2n) is 7.71. The molecule has 0 amide bonds. The molecule has 0 radical (unpaired) electrons. The van der Waals surface area contributed by atoms with Crippen LogP contribution in [0.5, 0.6) is 0 Å². The van der Waals surface area contributed by atoms with Gasteiger partial charge in [0.15, 0.2) is 0 Å². The van der Waals surface area contributed by atoms with Crippen LogP contribution in [-0.4, -0.2) is 23.3 Å². The van der Waals surface area contributed by atoms with Crippen LogP contribution in [0.2, 0.25) is 0 Å². The van der Waals surface area contributed by atoms with Gasteiger partial charge in [0.2, 0.25) is 0 Å². The zero-order chi connectivity index (χ0) is 22.6. The van der Waals surface area contributed by atoms with E-state index in [0.29, 0.717) is 0 Å². The Kier molecular flexibility index (Phi) is 6.44. The highest BCUT2D eigenvalue weighted by atomic mass is 31.1. The Morgan fingerprint density at radius 2 is 0.667 bits per heavy atom. The van der Waals surface area contributed by atoms with Crippen LogP contribution in [0.4, 0.5) is 0 Å². The SMILES string of the molecule is O=C1OC(=O)[C@H](P(c2ccccc2)c2ccccc2)[C@@H]1P(c1ccccc1)c1ccccc1. The number of carbonyl (C=O) groups excluding carboxylic acids is 2. The summed E-state index contributed by atoms with van der Waals surface area (Å²) in [5.41, 5.74) is -1.10.